The summed E-state index contributed by atoms with van der Waals surface area (Å²) in [5, 5.41) is 3.21. The van der Waals surface area contributed by atoms with E-state index >= 15 is 0 Å². The average molecular weight is 393 g/mol. The minimum Gasteiger partial charge on any atom is -0.467 e. The molecule has 0 aliphatic heterocycles. The smallest absolute Gasteiger partial charge is 0.328 e. The zero-order chi connectivity index (χ0) is 21.0. The molecule has 0 aliphatic carbocycles. The molecule has 7 heteroatoms. The fourth-order valence-electron chi connectivity index (χ4n) is 3.12. The quantitative estimate of drug-likeness (QED) is 0.651. The largest absolute Gasteiger partial charge is 0.467 e. The molecule has 1 unspecified atom stereocenters. The zero-order valence-corrected chi connectivity index (χ0v) is 16.6. The summed E-state index contributed by atoms with van der Waals surface area (Å²) in [4.78, 5) is 41.8. The molecule has 0 saturated carbocycles. The normalized spacial score (nSPS) is 12.0. The Morgan fingerprint density at radius 2 is 1.90 bits per heavy atom. The van der Waals surface area contributed by atoms with Crippen LogP contribution in [0, 0.1) is 5.92 Å². The van der Waals surface area contributed by atoms with Crippen LogP contribution in [0.15, 0.2) is 59.7 Å². The van der Waals surface area contributed by atoms with Crippen molar-refractivity contribution in [2.24, 2.45) is 5.92 Å². The Bertz CT molecular complexity index is 1100. The Labute approximate surface area is 168 Å². The van der Waals surface area contributed by atoms with Gasteiger partial charge in [0.2, 0.25) is 0 Å². The number of nitrogens with zero attached hydrogens (tertiary/aromatic N) is 2. The average Bonchev–Trinajstić information content (AvgIpc) is 2.73. The third kappa shape index (κ3) is 4.51. The number of methoxy groups -OCH3 is 1. The van der Waals surface area contributed by atoms with E-state index in [9.17, 15) is 14.4 Å². The maximum atomic E-state index is 12.8. The lowest BCUT2D eigenvalue weighted by atomic mass is 10.0. The number of aromatic nitrogens is 2. The second-order valence-electron chi connectivity index (χ2n) is 7.17. The number of amides is 1. The lowest BCUT2D eigenvalue weighted by Crippen LogP contribution is -2.42. The van der Waals surface area contributed by atoms with Crippen LogP contribution in [0.4, 0.5) is 0 Å². The highest BCUT2D eigenvalue weighted by Gasteiger charge is 2.23. The molecule has 0 radical (unpaired) electrons. The lowest BCUT2D eigenvalue weighted by Gasteiger charge is -2.18. The van der Waals surface area contributed by atoms with E-state index < -0.39 is 17.9 Å². The molecule has 1 N–H and O–H groups in total. The molecule has 7 nitrogen and oxygen atoms in total. The molecule has 3 rings (SSSR count). The van der Waals surface area contributed by atoms with E-state index in [0.717, 1.165) is 0 Å². The number of fused-ring (bicyclic) bond motifs is 1. The van der Waals surface area contributed by atoms with Crippen LogP contribution < -0.4 is 10.9 Å². The fraction of sp³-hybridized carbons (Fsp3) is 0.273. The van der Waals surface area contributed by atoms with Crippen molar-refractivity contribution in [2.45, 2.75) is 26.3 Å². The topological polar surface area (TPSA) is 90.3 Å². The minimum atomic E-state index is -0.735. The molecule has 1 aromatic heterocycles. The molecular weight excluding hydrogens is 370 g/mol. The summed E-state index contributed by atoms with van der Waals surface area (Å²) in [6.07, 6.45) is 1.91. The SMILES string of the molecule is COC(=O)C(CC(C)C)NC(=O)c1cccc(-n2cnc3ccccc3c2=O)c1. The van der Waals surface area contributed by atoms with Gasteiger partial charge >= 0.3 is 5.97 Å². The molecule has 0 aliphatic rings. The van der Waals surface area contributed by atoms with Crippen LogP contribution >= 0.6 is 0 Å². The number of hydrogen-bond acceptors (Lipinski definition) is 5. The van der Waals surface area contributed by atoms with Crippen molar-refractivity contribution >= 4 is 22.8 Å². The number of ether oxygens (including phenoxy) is 1. The first-order valence-corrected chi connectivity index (χ1v) is 9.36. The first-order valence-electron chi connectivity index (χ1n) is 9.36. The van der Waals surface area contributed by atoms with E-state index in [2.05, 4.69) is 10.3 Å². The molecule has 1 atom stereocenters. The molecule has 0 spiro atoms. The van der Waals surface area contributed by atoms with Crippen molar-refractivity contribution in [3.63, 3.8) is 0 Å². The van der Waals surface area contributed by atoms with Gasteiger partial charge < -0.3 is 10.1 Å². The molecule has 0 saturated heterocycles. The lowest BCUT2D eigenvalue weighted by molar-refractivity contribution is -0.143. The van der Waals surface area contributed by atoms with Crippen molar-refractivity contribution in [3.8, 4) is 5.69 Å². The highest BCUT2D eigenvalue weighted by molar-refractivity contribution is 5.97. The number of para-hydroxylation sites is 1. The van der Waals surface area contributed by atoms with Gasteiger partial charge in [0.15, 0.2) is 0 Å². The summed E-state index contributed by atoms with van der Waals surface area (Å²) in [5.41, 5.74) is 1.23. The fourth-order valence-corrected chi connectivity index (χ4v) is 3.12. The zero-order valence-electron chi connectivity index (χ0n) is 16.6. The number of rotatable bonds is 6. The number of benzene rings is 2. The van der Waals surface area contributed by atoms with Gasteiger partial charge in [0.1, 0.15) is 12.4 Å². The van der Waals surface area contributed by atoms with Crippen molar-refractivity contribution in [3.05, 3.63) is 70.8 Å². The Hall–Kier alpha value is -3.48. The number of hydrogen-bond donors (Lipinski definition) is 1. The number of esters is 1. The maximum absolute atomic E-state index is 12.8. The molecule has 2 aromatic carbocycles. The van der Waals surface area contributed by atoms with E-state index in [1.165, 1.54) is 18.0 Å². The number of carbonyl (C=O) groups is 2. The minimum absolute atomic E-state index is 0.202. The number of nitrogens with one attached hydrogen (secondary N) is 1. The van der Waals surface area contributed by atoms with Gasteiger partial charge in [-0.3, -0.25) is 14.2 Å². The van der Waals surface area contributed by atoms with Crippen molar-refractivity contribution < 1.29 is 14.3 Å². The Morgan fingerprint density at radius 3 is 2.62 bits per heavy atom. The Kier molecular flexibility index (Phi) is 6.07. The molecule has 1 heterocycles. The van der Waals surface area contributed by atoms with E-state index in [0.29, 0.717) is 28.6 Å². The molecule has 3 aromatic rings. The highest BCUT2D eigenvalue weighted by Crippen LogP contribution is 2.13. The van der Waals surface area contributed by atoms with Gasteiger partial charge in [-0.05, 0) is 42.7 Å². The van der Waals surface area contributed by atoms with Gasteiger partial charge in [0.05, 0.1) is 23.7 Å². The van der Waals surface area contributed by atoms with Crippen LogP contribution in [-0.4, -0.2) is 34.6 Å². The Morgan fingerprint density at radius 1 is 1.14 bits per heavy atom. The van der Waals surface area contributed by atoms with Gasteiger partial charge in [0, 0.05) is 5.56 Å². The molecule has 0 fully saturated rings. The predicted octanol–water partition coefficient (Wildman–Crippen LogP) is 2.70. The van der Waals surface area contributed by atoms with Crippen LogP contribution in [0.25, 0.3) is 16.6 Å². The molecular formula is C22H23N3O4. The van der Waals surface area contributed by atoms with Gasteiger partial charge in [-0.15, -0.1) is 0 Å². The van der Waals surface area contributed by atoms with E-state index in [4.69, 9.17) is 4.74 Å². The van der Waals surface area contributed by atoms with Crippen molar-refractivity contribution in [1.29, 1.82) is 0 Å². The first kappa shape index (κ1) is 20.3. The van der Waals surface area contributed by atoms with Crippen LogP contribution in [0.2, 0.25) is 0 Å². The van der Waals surface area contributed by atoms with Crippen LogP contribution in [-0.2, 0) is 9.53 Å². The molecule has 0 bridgehead atoms. The predicted molar refractivity (Wildman–Crippen MR) is 110 cm³/mol. The van der Waals surface area contributed by atoms with Gasteiger partial charge in [-0.1, -0.05) is 32.0 Å². The van der Waals surface area contributed by atoms with Crippen molar-refractivity contribution in [1.82, 2.24) is 14.9 Å². The van der Waals surface area contributed by atoms with Gasteiger partial charge in [-0.2, -0.15) is 0 Å². The van der Waals surface area contributed by atoms with E-state index in [-0.39, 0.29) is 11.5 Å². The number of carbonyl (C=O) groups excluding carboxylic acids is 2. The highest BCUT2D eigenvalue weighted by atomic mass is 16.5. The molecule has 1 amide bonds. The third-order valence-corrected chi connectivity index (χ3v) is 4.55. The van der Waals surface area contributed by atoms with E-state index in [1.54, 1.807) is 42.5 Å². The van der Waals surface area contributed by atoms with Gasteiger partial charge in [-0.25, -0.2) is 9.78 Å². The van der Waals surface area contributed by atoms with E-state index in [1.807, 2.05) is 19.9 Å². The molecule has 150 valence electrons. The Balaban J connectivity index is 1.91. The van der Waals surface area contributed by atoms with Crippen molar-refractivity contribution in [2.75, 3.05) is 7.11 Å². The summed E-state index contributed by atoms with van der Waals surface area (Å²) >= 11 is 0. The van der Waals surface area contributed by atoms with Gasteiger partial charge in [0.25, 0.3) is 11.5 Å². The van der Waals surface area contributed by atoms with Crippen LogP contribution in [0.3, 0.4) is 0 Å². The summed E-state index contributed by atoms with van der Waals surface area (Å²) < 4.78 is 6.19. The van der Waals surface area contributed by atoms with Crippen LogP contribution in [0.5, 0.6) is 0 Å². The maximum Gasteiger partial charge on any atom is 0.328 e. The summed E-state index contributed by atoms with van der Waals surface area (Å²) in [6.45, 7) is 3.92. The first-order chi connectivity index (χ1) is 13.9. The molecule has 29 heavy (non-hydrogen) atoms. The monoisotopic (exact) mass is 393 g/mol. The second-order valence-corrected chi connectivity index (χ2v) is 7.17. The standard InChI is InChI=1S/C22H23N3O4/c1-14(2)11-19(22(28)29-3)24-20(26)15-7-6-8-16(12-15)25-13-23-18-10-5-4-9-17(18)21(25)27/h4-10,12-14,19H,11H2,1-3H3,(H,24,26). The summed E-state index contributed by atoms with van der Waals surface area (Å²) in [5.74, 6) is -0.698. The second kappa shape index (κ2) is 8.68. The third-order valence-electron chi connectivity index (χ3n) is 4.55. The van der Waals surface area contributed by atoms with Crippen LogP contribution in [0.1, 0.15) is 30.6 Å². The summed E-state index contributed by atoms with van der Waals surface area (Å²) in [7, 11) is 1.29. The summed E-state index contributed by atoms with van der Waals surface area (Å²) in [6, 6.07) is 13.0.